The molecule has 0 fully saturated rings. The van der Waals surface area contributed by atoms with Crippen LogP contribution in [-0.2, 0) is 0 Å². The van der Waals surface area contributed by atoms with Crippen LogP contribution in [0.3, 0.4) is 0 Å². The van der Waals surface area contributed by atoms with E-state index in [1.54, 1.807) is 20.0 Å². The number of rotatable bonds is 4. The van der Waals surface area contributed by atoms with Crippen molar-refractivity contribution < 1.29 is 9.50 Å². The van der Waals surface area contributed by atoms with Gasteiger partial charge >= 0.3 is 0 Å². The fraction of sp³-hybridized carbons (Fsp3) is 0.455. The van der Waals surface area contributed by atoms with Crippen LogP contribution in [0.15, 0.2) is 12.1 Å². The molecule has 0 saturated heterocycles. The van der Waals surface area contributed by atoms with Gasteiger partial charge in [0.1, 0.15) is 5.82 Å². The number of hydrogen-bond acceptors (Lipinski definition) is 2. The molecule has 2 nitrogen and oxygen atoms in total. The van der Waals surface area contributed by atoms with E-state index in [0.29, 0.717) is 22.6 Å². The van der Waals surface area contributed by atoms with E-state index >= 15 is 0 Å². The van der Waals surface area contributed by atoms with E-state index in [4.69, 9.17) is 16.7 Å². The van der Waals surface area contributed by atoms with Crippen LogP contribution >= 0.6 is 11.6 Å². The molecule has 0 aliphatic heterocycles. The Balaban J connectivity index is 3.06. The highest BCUT2D eigenvalue weighted by Gasteiger charge is 2.14. The maximum atomic E-state index is 13.3. The molecule has 1 rings (SSSR count). The molecule has 0 saturated carbocycles. The first kappa shape index (κ1) is 12.4. The van der Waals surface area contributed by atoms with Crippen molar-refractivity contribution in [3.63, 3.8) is 0 Å². The van der Waals surface area contributed by atoms with Crippen molar-refractivity contribution in [3.05, 3.63) is 34.1 Å². The number of benzene rings is 1. The summed E-state index contributed by atoms with van der Waals surface area (Å²) >= 11 is 6.02. The molecule has 2 N–H and O–H groups in total. The predicted octanol–water partition coefficient (Wildman–Crippen LogP) is 2.43. The summed E-state index contributed by atoms with van der Waals surface area (Å²) in [5, 5.41) is 12.4. The quantitative estimate of drug-likeness (QED) is 0.834. The van der Waals surface area contributed by atoms with Crippen LogP contribution in [0.25, 0.3) is 0 Å². The van der Waals surface area contributed by atoms with Crippen LogP contribution in [0.1, 0.15) is 23.6 Å². The first-order valence-corrected chi connectivity index (χ1v) is 5.21. The predicted molar refractivity (Wildman–Crippen MR) is 59.7 cm³/mol. The van der Waals surface area contributed by atoms with Crippen molar-refractivity contribution in [2.24, 2.45) is 0 Å². The van der Waals surface area contributed by atoms with E-state index in [2.05, 4.69) is 5.32 Å². The average Bonchev–Trinajstić information content (AvgIpc) is 2.20. The monoisotopic (exact) mass is 231 g/mol. The molecule has 0 heterocycles. The van der Waals surface area contributed by atoms with Crippen molar-refractivity contribution in [3.8, 4) is 0 Å². The van der Waals surface area contributed by atoms with Crippen molar-refractivity contribution in [2.75, 3.05) is 13.7 Å². The number of hydrogen-bond donors (Lipinski definition) is 2. The molecule has 0 spiro atoms. The van der Waals surface area contributed by atoms with Crippen LogP contribution < -0.4 is 5.32 Å². The Hall–Kier alpha value is -0.640. The summed E-state index contributed by atoms with van der Waals surface area (Å²) in [5.74, 6) is -0.271. The lowest BCUT2D eigenvalue weighted by atomic mass is 10.0. The van der Waals surface area contributed by atoms with E-state index in [1.165, 1.54) is 6.07 Å². The van der Waals surface area contributed by atoms with Gasteiger partial charge in [0, 0.05) is 17.7 Å². The molecule has 1 aromatic rings. The normalized spacial score (nSPS) is 12.9. The highest BCUT2D eigenvalue weighted by molar-refractivity contribution is 6.31. The van der Waals surface area contributed by atoms with Gasteiger partial charge in [-0.15, -0.1) is 0 Å². The van der Waals surface area contributed by atoms with Crippen LogP contribution in [0.5, 0.6) is 0 Å². The smallest absolute Gasteiger partial charge is 0.126 e. The molecule has 0 aliphatic carbocycles. The standard InChI is InChI=1S/C11H15ClFNO/c1-7-5-9(12)8(6-10(7)13)11(14-2)3-4-15/h5-6,11,14-15H,3-4H2,1-2H3. The number of aliphatic hydroxyl groups is 1. The molecule has 84 valence electrons. The zero-order valence-corrected chi connectivity index (χ0v) is 9.61. The third kappa shape index (κ3) is 2.91. The lowest BCUT2D eigenvalue weighted by Gasteiger charge is -2.17. The van der Waals surface area contributed by atoms with Crippen molar-refractivity contribution in [1.82, 2.24) is 5.32 Å². The number of aryl methyl sites for hydroxylation is 1. The fourth-order valence-electron chi connectivity index (χ4n) is 1.51. The summed E-state index contributed by atoms with van der Waals surface area (Å²) in [6.07, 6.45) is 0.513. The van der Waals surface area contributed by atoms with Crippen molar-refractivity contribution >= 4 is 11.6 Å². The summed E-state index contributed by atoms with van der Waals surface area (Å²) in [7, 11) is 1.76. The maximum absolute atomic E-state index is 13.3. The lowest BCUT2D eigenvalue weighted by Crippen LogP contribution is -2.18. The van der Waals surface area contributed by atoms with Gasteiger partial charge in [0.25, 0.3) is 0 Å². The topological polar surface area (TPSA) is 32.3 Å². The third-order valence-electron chi connectivity index (χ3n) is 2.42. The maximum Gasteiger partial charge on any atom is 0.126 e. The zero-order valence-electron chi connectivity index (χ0n) is 8.85. The van der Waals surface area contributed by atoms with Gasteiger partial charge in [-0.1, -0.05) is 11.6 Å². The Morgan fingerprint density at radius 3 is 2.73 bits per heavy atom. The summed E-state index contributed by atoms with van der Waals surface area (Å²) in [5.41, 5.74) is 1.22. The number of aliphatic hydroxyl groups excluding tert-OH is 1. The molecular formula is C11H15ClFNO. The van der Waals surface area contributed by atoms with E-state index in [9.17, 15) is 4.39 Å². The second-order valence-electron chi connectivity index (χ2n) is 3.48. The minimum atomic E-state index is -0.271. The fourth-order valence-corrected chi connectivity index (χ4v) is 1.86. The van der Waals surface area contributed by atoms with Gasteiger partial charge in [-0.3, -0.25) is 0 Å². The molecule has 1 unspecified atom stereocenters. The second-order valence-corrected chi connectivity index (χ2v) is 3.88. The summed E-state index contributed by atoms with van der Waals surface area (Å²) < 4.78 is 13.3. The number of nitrogens with one attached hydrogen (secondary N) is 1. The lowest BCUT2D eigenvalue weighted by molar-refractivity contribution is 0.268. The van der Waals surface area contributed by atoms with Crippen LogP contribution in [-0.4, -0.2) is 18.8 Å². The third-order valence-corrected chi connectivity index (χ3v) is 2.75. The SMILES string of the molecule is CNC(CCO)c1cc(F)c(C)cc1Cl. The molecule has 15 heavy (non-hydrogen) atoms. The van der Waals surface area contributed by atoms with Gasteiger partial charge in [0.05, 0.1) is 0 Å². The van der Waals surface area contributed by atoms with E-state index in [-0.39, 0.29) is 18.5 Å². The van der Waals surface area contributed by atoms with Gasteiger partial charge in [0.15, 0.2) is 0 Å². The van der Waals surface area contributed by atoms with Gasteiger partial charge in [-0.25, -0.2) is 4.39 Å². The Bertz CT molecular complexity index is 344. The van der Waals surface area contributed by atoms with Gasteiger partial charge in [-0.2, -0.15) is 0 Å². The first-order chi connectivity index (χ1) is 7.10. The van der Waals surface area contributed by atoms with Gasteiger partial charge < -0.3 is 10.4 Å². The van der Waals surface area contributed by atoms with E-state index < -0.39 is 0 Å². The van der Waals surface area contributed by atoms with E-state index in [0.717, 1.165) is 0 Å². The zero-order chi connectivity index (χ0) is 11.4. The first-order valence-electron chi connectivity index (χ1n) is 4.83. The Labute approximate surface area is 94.1 Å². The van der Waals surface area contributed by atoms with Gasteiger partial charge in [-0.05, 0) is 43.7 Å². The minimum Gasteiger partial charge on any atom is -0.396 e. The molecule has 0 aromatic heterocycles. The largest absolute Gasteiger partial charge is 0.396 e. The minimum absolute atomic E-state index is 0.0390. The molecule has 0 radical (unpaired) electrons. The molecule has 0 bridgehead atoms. The second kappa shape index (κ2) is 5.45. The Morgan fingerprint density at radius 2 is 2.20 bits per heavy atom. The summed E-state index contributed by atoms with van der Waals surface area (Å²) in [4.78, 5) is 0. The Kier molecular flexibility index (Phi) is 4.51. The molecule has 0 amide bonds. The van der Waals surface area contributed by atoms with Crippen molar-refractivity contribution in [1.29, 1.82) is 0 Å². The highest BCUT2D eigenvalue weighted by atomic mass is 35.5. The molecule has 1 atom stereocenters. The van der Waals surface area contributed by atoms with Crippen LogP contribution in [0.4, 0.5) is 4.39 Å². The molecule has 4 heteroatoms. The molecule has 1 aromatic carbocycles. The van der Waals surface area contributed by atoms with Crippen LogP contribution in [0.2, 0.25) is 5.02 Å². The number of halogens is 2. The summed E-state index contributed by atoms with van der Waals surface area (Å²) in [6, 6.07) is 2.92. The molecule has 0 aliphatic rings. The van der Waals surface area contributed by atoms with Crippen LogP contribution in [0, 0.1) is 12.7 Å². The Morgan fingerprint density at radius 1 is 1.53 bits per heavy atom. The molecular weight excluding hydrogens is 217 g/mol. The summed E-state index contributed by atoms with van der Waals surface area (Å²) in [6.45, 7) is 1.71. The van der Waals surface area contributed by atoms with Crippen molar-refractivity contribution in [2.45, 2.75) is 19.4 Å². The van der Waals surface area contributed by atoms with Gasteiger partial charge in [0.2, 0.25) is 0 Å². The van der Waals surface area contributed by atoms with E-state index in [1.807, 2.05) is 0 Å². The average molecular weight is 232 g/mol. The highest BCUT2D eigenvalue weighted by Crippen LogP contribution is 2.27.